The van der Waals surface area contributed by atoms with E-state index in [2.05, 4.69) is 33.0 Å². The summed E-state index contributed by atoms with van der Waals surface area (Å²) in [5, 5.41) is 3.64. The molecule has 0 aliphatic carbocycles. The summed E-state index contributed by atoms with van der Waals surface area (Å²) in [6, 6.07) is 5.40. The van der Waals surface area contributed by atoms with Gasteiger partial charge in [-0.3, -0.25) is 0 Å². The highest BCUT2D eigenvalue weighted by Gasteiger charge is 2.38. The maximum Gasteiger partial charge on any atom is 0.123 e. The summed E-state index contributed by atoms with van der Waals surface area (Å²) in [6.07, 6.45) is 2.10. The summed E-state index contributed by atoms with van der Waals surface area (Å²) in [6.45, 7) is 8.83. The zero-order valence-corrected chi connectivity index (χ0v) is 12.3. The first kappa shape index (κ1) is 14.0. The average Bonchev–Trinajstić information content (AvgIpc) is 2.08. The van der Waals surface area contributed by atoms with E-state index >= 15 is 0 Å². The number of anilines is 2. The van der Waals surface area contributed by atoms with Crippen LogP contribution in [0.25, 0.3) is 0 Å². The molecular weight excluding hydrogens is 238 g/mol. The van der Waals surface area contributed by atoms with Gasteiger partial charge in [0, 0.05) is 47.4 Å². The number of ether oxygens (including phenoxy) is 1. The second kappa shape index (κ2) is 4.60. The Kier molecular flexibility index (Phi) is 3.39. The Morgan fingerprint density at radius 3 is 1.95 bits per heavy atom. The van der Waals surface area contributed by atoms with Crippen LogP contribution in [0.1, 0.15) is 40.5 Å². The molecule has 0 aromatic heterocycles. The van der Waals surface area contributed by atoms with Crippen LogP contribution in [0, 0.1) is 0 Å². The van der Waals surface area contributed by atoms with Gasteiger partial charge in [0.05, 0.1) is 0 Å². The molecule has 2 rings (SSSR count). The Hall–Kier alpha value is -1.42. The van der Waals surface area contributed by atoms with E-state index in [0.29, 0.717) is 11.4 Å². The van der Waals surface area contributed by atoms with Crippen LogP contribution in [-0.4, -0.2) is 17.2 Å². The van der Waals surface area contributed by atoms with Crippen LogP contribution in [0.15, 0.2) is 18.2 Å². The number of nitrogens with one attached hydrogen (secondary N) is 1. The summed E-state index contributed by atoms with van der Waals surface area (Å²) in [5.74, 6) is 0.760. The molecule has 0 unspecified atom stereocenters. The summed E-state index contributed by atoms with van der Waals surface area (Å²) in [4.78, 5) is 0. The standard InChI is InChI=1S/C15H25N3O/c1-14(2)8-13(9-15(3,4)18-14)19-12-6-10(16)5-11(17)7-12/h5-7,13,18H,8-9,16-17H2,1-4H3. The van der Waals surface area contributed by atoms with Gasteiger partial charge in [-0.15, -0.1) is 0 Å². The number of hydrogen-bond donors (Lipinski definition) is 3. The highest BCUT2D eigenvalue weighted by molar-refractivity contribution is 5.56. The monoisotopic (exact) mass is 263 g/mol. The molecule has 1 aromatic rings. The van der Waals surface area contributed by atoms with Gasteiger partial charge in [-0.1, -0.05) is 0 Å². The predicted octanol–water partition coefficient (Wildman–Crippen LogP) is 2.54. The highest BCUT2D eigenvalue weighted by atomic mass is 16.5. The van der Waals surface area contributed by atoms with Crippen LogP contribution < -0.4 is 21.5 Å². The minimum absolute atomic E-state index is 0.0677. The quantitative estimate of drug-likeness (QED) is 0.717. The Labute approximate surface area is 115 Å². The number of hydrogen-bond acceptors (Lipinski definition) is 4. The van der Waals surface area contributed by atoms with Crippen molar-refractivity contribution in [2.24, 2.45) is 0 Å². The SMILES string of the molecule is CC1(C)CC(Oc2cc(N)cc(N)c2)CC(C)(C)N1. The number of piperidine rings is 1. The molecule has 0 bridgehead atoms. The van der Waals surface area contributed by atoms with Crippen LogP contribution >= 0.6 is 0 Å². The second-order valence-corrected chi connectivity index (χ2v) is 6.88. The maximum atomic E-state index is 6.09. The molecule has 106 valence electrons. The smallest absolute Gasteiger partial charge is 0.123 e. The molecule has 4 nitrogen and oxygen atoms in total. The van der Waals surface area contributed by atoms with Gasteiger partial charge in [0.1, 0.15) is 11.9 Å². The third kappa shape index (κ3) is 3.77. The van der Waals surface area contributed by atoms with E-state index in [-0.39, 0.29) is 17.2 Å². The van der Waals surface area contributed by atoms with Crippen molar-refractivity contribution in [3.8, 4) is 5.75 Å². The first-order valence-electron chi connectivity index (χ1n) is 6.77. The van der Waals surface area contributed by atoms with E-state index in [9.17, 15) is 0 Å². The van der Waals surface area contributed by atoms with Crippen LogP contribution in [0.2, 0.25) is 0 Å². The molecule has 0 radical (unpaired) electrons. The molecule has 0 spiro atoms. The molecule has 1 saturated heterocycles. The fraction of sp³-hybridized carbons (Fsp3) is 0.600. The molecule has 1 aromatic carbocycles. The first-order valence-corrected chi connectivity index (χ1v) is 6.77. The Morgan fingerprint density at radius 2 is 1.47 bits per heavy atom. The Bertz CT molecular complexity index is 432. The van der Waals surface area contributed by atoms with Crippen LogP contribution in [0.5, 0.6) is 5.75 Å². The topological polar surface area (TPSA) is 73.3 Å². The highest BCUT2D eigenvalue weighted by Crippen LogP contribution is 2.32. The summed E-state index contributed by atoms with van der Waals surface area (Å²) in [7, 11) is 0. The van der Waals surface area contributed by atoms with Gasteiger partial charge < -0.3 is 21.5 Å². The summed E-state index contributed by atoms with van der Waals surface area (Å²) >= 11 is 0. The van der Waals surface area contributed by atoms with Crippen molar-refractivity contribution < 1.29 is 4.74 Å². The maximum absolute atomic E-state index is 6.09. The van der Waals surface area contributed by atoms with Gasteiger partial charge >= 0.3 is 0 Å². The van der Waals surface area contributed by atoms with E-state index < -0.39 is 0 Å². The zero-order chi connectivity index (χ0) is 14.3. The van der Waals surface area contributed by atoms with Crippen molar-refractivity contribution in [3.05, 3.63) is 18.2 Å². The molecule has 0 amide bonds. The zero-order valence-electron chi connectivity index (χ0n) is 12.3. The average molecular weight is 263 g/mol. The molecule has 0 atom stereocenters. The molecule has 1 aliphatic heterocycles. The Balaban J connectivity index is 2.14. The van der Waals surface area contributed by atoms with Crippen LogP contribution in [-0.2, 0) is 0 Å². The fourth-order valence-corrected chi connectivity index (χ4v) is 3.22. The van der Waals surface area contributed by atoms with Crippen molar-refractivity contribution in [2.45, 2.75) is 57.7 Å². The second-order valence-electron chi connectivity index (χ2n) is 6.88. The number of rotatable bonds is 2. The number of nitrogens with two attached hydrogens (primary N) is 2. The third-order valence-corrected chi connectivity index (χ3v) is 3.41. The number of nitrogen functional groups attached to an aromatic ring is 2. The van der Waals surface area contributed by atoms with Gasteiger partial charge in [0.15, 0.2) is 0 Å². The molecule has 1 aliphatic rings. The van der Waals surface area contributed by atoms with E-state index in [0.717, 1.165) is 18.6 Å². The van der Waals surface area contributed by atoms with Gasteiger partial charge in [0.25, 0.3) is 0 Å². The normalized spacial score (nSPS) is 22.1. The lowest BCUT2D eigenvalue weighted by molar-refractivity contribution is 0.0560. The minimum atomic E-state index is 0.0677. The van der Waals surface area contributed by atoms with Gasteiger partial charge in [0.2, 0.25) is 0 Å². The van der Waals surface area contributed by atoms with Crippen LogP contribution in [0.3, 0.4) is 0 Å². The van der Waals surface area contributed by atoms with Crippen LogP contribution in [0.4, 0.5) is 11.4 Å². The first-order chi connectivity index (χ1) is 8.65. The lowest BCUT2D eigenvalue weighted by Crippen LogP contribution is -2.60. The predicted molar refractivity (Wildman–Crippen MR) is 80.2 cm³/mol. The molecule has 1 heterocycles. The molecule has 0 saturated carbocycles. The fourth-order valence-electron chi connectivity index (χ4n) is 3.22. The minimum Gasteiger partial charge on any atom is -0.490 e. The van der Waals surface area contributed by atoms with E-state index in [1.54, 1.807) is 6.07 Å². The molecule has 5 N–H and O–H groups in total. The van der Waals surface area contributed by atoms with E-state index in [4.69, 9.17) is 16.2 Å². The lowest BCUT2D eigenvalue weighted by atomic mass is 9.81. The molecule has 1 fully saturated rings. The molecule has 4 heteroatoms. The molecular formula is C15H25N3O. The lowest BCUT2D eigenvalue weighted by Gasteiger charge is -2.46. The Morgan fingerprint density at radius 1 is 1.00 bits per heavy atom. The van der Waals surface area contributed by atoms with E-state index in [1.807, 2.05) is 12.1 Å². The van der Waals surface area contributed by atoms with Gasteiger partial charge in [-0.05, 0) is 33.8 Å². The van der Waals surface area contributed by atoms with Crippen molar-refractivity contribution in [2.75, 3.05) is 11.5 Å². The summed E-state index contributed by atoms with van der Waals surface area (Å²) in [5.41, 5.74) is 13.0. The number of benzene rings is 1. The summed E-state index contributed by atoms with van der Waals surface area (Å²) < 4.78 is 6.09. The van der Waals surface area contributed by atoms with Crippen molar-refractivity contribution in [1.82, 2.24) is 5.32 Å². The van der Waals surface area contributed by atoms with Crippen molar-refractivity contribution in [1.29, 1.82) is 0 Å². The molecule has 19 heavy (non-hydrogen) atoms. The van der Waals surface area contributed by atoms with Gasteiger partial charge in [-0.2, -0.15) is 0 Å². The van der Waals surface area contributed by atoms with Crippen molar-refractivity contribution >= 4 is 11.4 Å². The van der Waals surface area contributed by atoms with Gasteiger partial charge in [-0.25, -0.2) is 0 Å². The largest absolute Gasteiger partial charge is 0.490 e. The third-order valence-electron chi connectivity index (χ3n) is 3.41. The van der Waals surface area contributed by atoms with E-state index in [1.165, 1.54) is 0 Å². The van der Waals surface area contributed by atoms with Crippen molar-refractivity contribution in [3.63, 3.8) is 0 Å².